The van der Waals surface area contributed by atoms with Crippen LogP contribution in [0.1, 0.15) is 66.9 Å². The second-order valence-electron chi connectivity index (χ2n) is 12.9. The van der Waals surface area contributed by atoms with Gasteiger partial charge in [0.15, 0.2) is 0 Å². The largest absolute Gasteiger partial charge is 0.490 e. The first-order valence-corrected chi connectivity index (χ1v) is 17.4. The minimum absolute atomic E-state index is 0.0266. The van der Waals surface area contributed by atoms with Crippen LogP contribution in [0.3, 0.4) is 0 Å². The summed E-state index contributed by atoms with van der Waals surface area (Å²) in [4.78, 5) is 14.3. The van der Waals surface area contributed by atoms with Crippen molar-refractivity contribution in [2.24, 2.45) is 17.0 Å². The van der Waals surface area contributed by atoms with Crippen LogP contribution in [0.4, 0.5) is 5.69 Å². The van der Waals surface area contributed by atoms with Crippen LogP contribution in [0.2, 0.25) is 5.02 Å². The van der Waals surface area contributed by atoms with Gasteiger partial charge in [0.1, 0.15) is 5.75 Å². The number of benzene rings is 2. The molecule has 1 saturated carbocycles. The number of ether oxygens (including phenoxy) is 3. The molecular weight excluding hydrogens is 592 g/mol. The van der Waals surface area contributed by atoms with Crippen LogP contribution in [0.15, 0.2) is 36.4 Å². The molecule has 234 valence electrons. The highest BCUT2D eigenvalue weighted by Crippen LogP contribution is 2.47. The average molecular weight is 633 g/mol. The number of fused-ring (bicyclic) bond motifs is 3. The van der Waals surface area contributed by atoms with Crippen LogP contribution in [-0.2, 0) is 31.3 Å². The summed E-state index contributed by atoms with van der Waals surface area (Å²) in [5.74, 6) is 0.246. The highest BCUT2D eigenvalue weighted by atomic mass is 35.5. The second-order valence-corrected chi connectivity index (χ2v) is 15.0. The molecule has 4 aliphatic rings. The summed E-state index contributed by atoms with van der Waals surface area (Å²) in [5.41, 5.74) is 3.37. The van der Waals surface area contributed by atoms with E-state index in [0.717, 1.165) is 68.7 Å². The van der Waals surface area contributed by atoms with Gasteiger partial charge in [0.25, 0.3) is 0 Å². The third-order valence-electron chi connectivity index (χ3n) is 9.85. The summed E-state index contributed by atoms with van der Waals surface area (Å²) in [6, 6.07) is 11.4. The molecule has 0 bridgehead atoms. The highest BCUT2D eigenvalue weighted by molar-refractivity contribution is 7.89. The third kappa shape index (κ3) is 6.68. The Morgan fingerprint density at radius 2 is 2.07 bits per heavy atom. The average Bonchev–Trinajstić information content (AvgIpc) is 3.07. The Bertz CT molecular complexity index is 1470. The van der Waals surface area contributed by atoms with Crippen LogP contribution in [-0.4, -0.2) is 69.9 Å². The lowest BCUT2D eigenvalue weighted by Gasteiger charge is -2.48. The molecule has 2 fully saturated rings. The molecule has 1 saturated heterocycles. The Hall–Kier alpha value is -2.37. The Balaban J connectivity index is 1.24. The molecule has 1 spiro atoms. The molecule has 2 aliphatic heterocycles. The fraction of sp³-hybridized carbons (Fsp3) is 0.594. The van der Waals surface area contributed by atoms with Crippen LogP contribution >= 0.6 is 11.6 Å². The summed E-state index contributed by atoms with van der Waals surface area (Å²) in [6.07, 6.45) is 6.03. The van der Waals surface area contributed by atoms with Crippen molar-refractivity contribution in [1.29, 1.82) is 0 Å². The van der Waals surface area contributed by atoms with E-state index in [-0.39, 0.29) is 28.9 Å². The molecule has 0 radical (unpaired) electrons. The van der Waals surface area contributed by atoms with E-state index in [0.29, 0.717) is 30.8 Å². The number of primary sulfonamides is 1. The lowest BCUT2D eigenvalue weighted by molar-refractivity contribution is -0.126. The summed E-state index contributed by atoms with van der Waals surface area (Å²) in [5, 5.41) is 15.8. The van der Waals surface area contributed by atoms with Gasteiger partial charge in [-0.05, 0) is 98.7 Å². The zero-order valence-corrected chi connectivity index (χ0v) is 26.1. The molecule has 0 aromatic heterocycles. The maximum absolute atomic E-state index is 12.0. The Morgan fingerprint density at radius 1 is 1.23 bits per heavy atom. The van der Waals surface area contributed by atoms with Gasteiger partial charge in [-0.1, -0.05) is 17.7 Å². The molecule has 2 aromatic carbocycles. The summed E-state index contributed by atoms with van der Waals surface area (Å²) in [6.45, 7) is 4.34. The number of carboxylic acid groups (broad SMARTS) is 1. The fourth-order valence-corrected chi connectivity index (χ4v) is 8.68. The predicted octanol–water partition coefficient (Wildman–Crippen LogP) is 4.78. The topological polar surface area (TPSA) is 128 Å². The Morgan fingerprint density at radius 3 is 2.81 bits per heavy atom. The predicted molar refractivity (Wildman–Crippen MR) is 165 cm³/mol. The molecule has 6 rings (SSSR count). The standard InChI is InChI=1S/C32H41ClN2O7S/c1-20(17-43(34,38)39)42-25-10-12-40-30(15-25)26-7-4-23(26)16-35-18-32(11-2-3-21-13-24(33)6-8-27(21)32)19-41-29-9-5-22(31(36)37)14-28(29)35/h5-6,8-9,13-14,20,23,25-26,30H,2-4,7,10-12,15-19H2,1H3,(H,36,37)(H2,34,38,39)/t20-,23+,25-,26-,30-,32?/m1/s1. The molecule has 0 amide bonds. The number of sulfonamides is 1. The van der Waals surface area contributed by atoms with E-state index < -0.39 is 22.1 Å². The van der Waals surface area contributed by atoms with E-state index in [1.165, 1.54) is 11.1 Å². The van der Waals surface area contributed by atoms with Crippen molar-refractivity contribution in [3.8, 4) is 5.75 Å². The molecule has 1 unspecified atom stereocenters. The van der Waals surface area contributed by atoms with E-state index in [4.69, 9.17) is 31.0 Å². The van der Waals surface area contributed by atoms with Gasteiger partial charge in [-0.2, -0.15) is 0 Å². The molecule has 2 heterocycles. The van der Waals surface area contributed by atoms with Crippen molar-refractivity contribution in [3.63, 3.8) is 0 Å². The number of aromatic carboxylic acids is 1. The van der Waals surface area contributed by atoms with Gasteiger partial charge in [0.05, 0.1) is 41.9 Å². The smallest absolute Gasteiger partial charge is 0.335 e. The van der Waals surface area contributed by atoms with E-state index in [1.54, 1.807) is 25.1 Å². The number of hydrogen-bond acceptors (Lipinski definition) is 7. The monoisotopic (exact) mass is 632 g/mol. The molecule has 43 heavy (non-hydrogen) atoms. The Kier molecular flexibility index (Phi) is 8.69. The van der Waals surface area contributed by atoms with Crippen molar-refractivity contribution in [3.05, 3.63) is 58.1 Å². The van der Waals surface area contributed by atoms with Gasteiger partial charge < -0.3 is 24.2 Å². The zero-order valence-electron chi connectivity index (χ0n) is 24.5. The van der Waals surface area contributed by atoms with Crippen LogP contribution in [0.25, 0.3) is 0 Å². The van der Waals surface area contributed by atoms with Gasteiger partial charge in [0.2, 0.25) is 10.0 Å². The number of aryl methyl sites for hydroxylation is 1. The molecular formula is C32H41ClN2O7S. The third-order valence-corrected chi connectivity index (χ3v) is 11.0. The molecule has 9 nitrogen and oxygen atoms in total. The fourth-order valence-electron chi connectivity index (χ4n) is 7.75. The number of carbonyl (C=O) groups is 1. The molecule has 6 atom stereocenters. The summed E-state index contributed by atoms with van der Waals surface area (Å²) in [7, 11) is -3.61. The lowest BCUT2D eigenvalue weighted by atomic mass is 9.67. The number of carboxylic acids is 1. The van der Waals surface area contributed by atoms with Crippen molar-refractivity contribution in [2.45, 2.75) is 75.6 Å². The molecule has 2 aromatic rings. The number of hydrogen-bond donors (Lipinski definition) is 2. The normalized spacial score (nSPS) is 29.5. The van der Waals surface area contributed by atoms with Crippen molar-refractivity contribution >= 4 is 33.3 Å². The lowest BCUT2D eigenvalue weighted by Crippen LogP contribution is -2.51. The van der Waals surface area contributed by atoms with Gasteiger partial charge in [-0.25, -0.2) is 18.4 Å². The number of anilines is 1. The van der Waals surface area contributed by atoms with Gasteiger partial charge in [0, 0.05) is 36.6 Å². The number of halogens is 1. The number of nitrogens with zero attached hydrogens (tertiary/aromatic N) is 1. The van der Waals surface area contributed by atoms with E-state index >= 15 is 0 Å². The van der Waals surface area contributed by atoms with Crippen molar-refractivity contribution < 1.29 is 32.5 Å². The maximum atomic E-state index is 12.0. The first-order valence-electron chi connectivity index (χ1n) is 15.3. The first-order chi connectivity index (χ1) is 20.5. The molecule has 11 heteroatoms. The van der Waals surface area contributed by atoms with Crippen molar-refractivity contribution in [1.82, 2.24) is 0 Å². The minimum atomic E-state index is -3.61. The zero-order chi connectivity index (χ0) is 30.4. The highest BCUT2D eigenvalue weighted by Gasteiger charge is 2.45. The van der Waals surface area contributed by atoms with E-state index in [1.807, 2.05) is 6.07 Å². The summed E-state index contributed by atoms with van der Waals surface area (Å²) < 4.78 is 41.9. The SMILES string of the molecule is C[C@H](CS(N)(=O)=O)O[C@@H]1CCO[C@@H]([C@@H]2CC[C@H]2CN2CC3(CCCc4cc(Cl)ccc43)COc3ccc(C(=O)O)cc32)C1. The first kappa shape index (κ1) is 30.6. The van der Waals surface area contributed by atoms with Gasteiger partial charge >= 0.3 is 5.97 Å². The number of rotatable bonds is 8. The van der Waals surface area contributed by atoms with E-state index in [2.05, 4.69) is 17.0 Å². The van der Waals surface area contributed by atoms with Crippen LogP contribution < -0.4 is 14.8 Å². The van der Waals surface area contributed by atoms with Crippen molar-refractivity contribution in [2.75, 3.05) is 37.0 Å². The number of nitrogens with two attached hydrogens (primary N) is 1. The maximum Gasteiger partial charge on any atom is 0.335 e. The van der Waals surface area contributed by atoms with E-state index in [9.17, 15) is 18.3 Å². The molecule has 3 N–H and O–H groups in total. The Labute approximate surface area is 258 Å². The van der Waals surface area contributed by atoms with Gasteiger partial charge in [-0.15, -0.1) is 0 Å². The minimum Gasteiger partial charge on any atom is -0.490 e. The summed E-state index contributed by atoms with van der Waals surface area (Å²) >= 11 is 6.39. The second kappa shape index (κ2) is 12.2. The quantitative estimate of drug-likeness (QED) is 0.426. The van der Waals surface area contributed by atoms with Crippen LogP contribution in [0, 0.1) is 11.8 Å². The van der Waals surface area contributed by atoms with Crippen LogP contribution in [0.5, 0.6) is 5.75 Å². The molecule has 2 aliphatic carbocycles. The van der Waals surface area contributed by atoms with Gasteiger partial charge in [-0.3, -0.25) is 0 Å².